The molecule has 18 heavy (non-hydrogen) atoms. The van der Waals surface area contributed by atoms with Crippen molar-refractivity contribution in [3.63, 3.8) is 0 Å². The summed E-state index contributed by atoms with van der Waals surface area (Å²) in [7, 11) is 0. The molecule has 0 bridgehead atoms. The Hall–Kier alpha value is -0.630. The fourth-order valence-corrected chi connectivity index (χ4v) is 3.06. The number of rotatable bonds is 4. The standard InChI is InChI=1S/C16H24OS/c1-16(2,3)14(11-18)10-17-15-8-7-12-5-4-6-13(12)9-15/h7-9,14,18H,4-6,10-11H2,1-3H3. The third kappa shape index (κ3) is 3.23. The van der Waals surface area contributed by atoms with Gasteiger partial charge in [-0.25, -0.2) is 0 Å². The molecule has 2 heteroatoms. The van der Waals surface area contributed by atoms with E-state index in [-0.39, 0.29) is 5.41 Å². The summed E-state index contributed by atoms with van der Waals surface area (Å²) in [6, 6.07) is 6.56. The van der Waals surface area contributed by atoms with Gasteiger partial charge in [0.25, 0.3) is 0 Å². The summed E-state index contributed by atoms with van der Waals surface area (Å²) in [5, 5.41) is 0. The van der Waals surface area contributed by atoms with Crippen LogP contribution in [0.3, 0.4) is 0 Å². The van der Waals surface area contributed by atoms with Gasteiger partial charge in [-0.05, 0) is 53.7 Å². The third-order valence-corrected chi connectivity index (χ3v) is 4.41. The lowest BCUT2D eigenvalue weighted by molar-refractivity contribution is 0.165. The van der Waals surface area contributed by atoms with E-state index in [1.807, 2.05) is 0 Å². The molecule has 0 fully saturated rings. The molecule has 1 aromatic rings. The largest absolute Gasteiger partial charge is 0.493 e. The molecule has 1 aromatic carbocycles. The van der Waals surface area contributed by atoms with Crippen molar-refractivity contribution in [1.82, 2.24) is 0 Å². The van der Waals surface area contributed by atoms with Crippen LogP contribution in [0.5, 0.6) is 5.75 Å². The van der Waals surface area contributed by atoms with Crippen LogP contribution in [0, 0.1) is 11.3 Å². The van der Waals surface area contributed by atoms with Gasteiger partial charge in [0.2, 0.25) is 0 Å². The first-order valence-electron chi connectivity index (χ1n) is 6.86. The molecular formula is C16H24OS. The lowest BCUT2D eigenvalue weighted by Crippen LogP contribution is -2.28. The van der Waals surface area contributed by atoms with E-state index in [0.29, 0.717) is 5.92 Å². The molecule has 0 saturated heterocycles. The summed E-state index contributed by atoms with van der Waals surface area (Å²) in [6.07, 6.45) is 3.73. The second-order valence-electron chi connectivity index (χ2n) is 6.34. The Morgan fingerprint density at radius 2 is 1.94 bits per heavy atom. The van der Waals surface area contributed by atoms with Crippen molar-refractivity contribution >= 4 is 12.6 Å². The highest BCUT2D eigenvalue weighted by atomic mass is 32.1. The molecule has 0 heterocycles. The number of benzene rings is 1. The first-order chi connectivity index (χ1) is 8.50. The molecule has 1 nitrogen and oxygen atoms in total. The summed E-state index contributed by atoms with van der Waals surface area (Å²) in [5.74, 6) is 2.37. The Kier molecular flexibility index (Phi) is 4.26. The quantitative estimate of drug-likeness (QED) is 0.804. The Morgan fingerprint density at radius 3 is 2.61 bits per heavy atom. The number of hydrogen-bond acceptors (Lipinski definition) is 2. The molecule has 100 valence electrons. The maximum atomic E-state index is 5.96. The first kappa shape index (κ1) is 13.8. The van der Waals surface area contributed by atoms with E-state index >= 15 is 0 Å². The van der Waals surface area contributed by atoms with E-state index in [1.54, 1.807) is 0 Å². The molecule has 2 rings (SSSR count). The normalized spacial score (nSPS) is 16.4. The van der Waals surface area contributed by atoms with Gasteiger partial charge in [-0.1, -0.05) is 26.8 Å². The molecule has 1 atom stereocenters. The van der Waals surface area contributed by atoms with Gasteiger partial charge in [0.15, 0.2) is 0 Å². The van der Waals surface area contributed by atoms with Crippen molar-refractivity contribution < 1.29 is 4.74 Å². The van der Waals surface area contributed by atoms with Crippen LogP contribution in [-0.2, 0) is 12.8 Å². The minimum absolute atomic E-state index is 0.248. The van der Waals surface area contributed by atoms with Crippen molar-refractivity contribution in [2.75, 3.05) is 12.4 Å². The predicted octanol–water partition coefficient (Wildman–Crippen LogP) is 4.15. The highest BCUT2D eigenvalue weighted by Crippen LogP contribution is 2.29. The molecule has 0 N–H and O–H groups in total. The summed E-state index contributed by atoms with van der Waals surface area (Å²) >= 11 is 4.44. The lowest BCUT2D eigenvalue weighted by atomic mass is 9.82. The van der Waals surface area contributed by atoms with Gasteiger partial charge < -0.3 is 4.74 Å². The van der Waals surface area contributed by atoms with E-state index in [2.05, 4.69) is 51.6 Å². The fourth-order valence-electron chi connectivity index (χ4n) is 2.41. The topological polar surface area (TPSA) is 9.23 Å². The minimum atomic E-state index is 0.248. The first-order valence-corrected chi connectivity index (χ1v) is 7.49. The highest BCUT2D eigenvalue weighted by Gasteiger charge is 2.24. The van der Waals surface area contributed by atoms with Gasteiger partial charge in [0, 0.05) is 5.92 Å². The smallest absolute Gasteiger partial charge is 0.119 e. The number of fused-ring (bicyclic) bond motifs is 1. The van der Waals surface area contributed by atoms with Gasteiger partial charge >= 0.3 is 0 Å². The van der Waals surface area contributed by atoms with Crippen LogP contribution in [0.2, 0.25) is 0 Å². The van der Waals surface area contributed by atoms with E-state index < -0.39 is 0 Å². The van der Waals surface area contributed by atoms with Crippen molar-refractivity contribution in [3.05, 3.63) is 29.3 Å². The number of hydrogen-bond donors (Lipinski definition) is 1. The van der Waals surface area contributed by atoms with Crippen LogP contribution >= 0.6 is 12.6 Å². The van der Waals surface area contributed by atoms with E-state index in [1.165, 1.54) is 30.4 Å². The second-order valence-corrected chi connectivity index (χ2v) is 6.71. The van der Waals surface area contributed by atoms with Crippen LogP contribution < -0.4 is 4.74 Å². The summed E-state index contributed by atoms with van der Waals surface area (Å²) < 4.78 is 5.96. The Morgan fingerprint density at radius 1 is 1.22 bits per heavy atom. The zero-order valence-electron chi connectivity index (χ0n) is 11.7. The van der Waals surface area contributed by atoms with Gasteiger partial charge in [0.05, 0.1) is 6.61 Å². The van der Waals surface area contributed by atoms with Crippen molar-refractivity contribution in [3.8, 4) is 5.75 Å². The zero-order chi connectivity index (χ0) is 13.2. The van der Waals surface area contributed by atoms with Crippen LogP contribution in [-0.4, -0.2) is 12.4 Å². The molecule has 0 aromatic heterocycles. The van der Waals surface area contributed by atoms with E-state index in [0.717, 1.165) is 18.1 Å². The second kappa shape index (κ2) is 5.56. The average molecular weight is 264 g/mol. The molecule has 0 saturated carbocycles. The van der Waals surface area contributed by atoms with Gasteiger partial charge in [-0.15, -0.1) is 0 Å². The number of ether oxygens (including phenoxy) is 1. The SMILES string of the molecule is CC(C)(C)C(CS)COc1ccc2c(c1)CCC2. The van der Waals surface area contributed by atoms with E-state index in [4.69, 9.17) is 4.74 Å². The van der Waals surface area contributed by atoms with Crippen molar-refractivity contribution in [2.24, 2.45) is 11.3 Å². The van der Waals surface area contributed by atoms with Crippen molar-refractivity contribution in [1.29, 1.82) is 0 Å². The average Bonchev–Trinajstić information content (AvgIpc) is 2.75. The maximum Gasteiger partial charge on any atom is 0.119 e. The zero-order valence-corrected chi connectivity index (χ0v) is 12.6. The maximum absolute atomic E-state index is 5.96. The Balaban J connectivity index is 1.98. The van der Waals surface area contributed by atoms with Crippen LogP contribution in [0.1, 0.15) is 38.3 Å². The summed E-state index contributed by atoms with van der Waals surface area (Å²) in [6.45, 7) is 7.51. The monoisotopic (exact) mass is 264 g/mol. The minimum Gasteiger partial charge on any atom is -0.493 e. The molecule has 0 amide bonds. The molecule has 1 aliphatic carbocycles. The molecule has 1 unspecified atom stereocenters. The molecular weight excluding hydrogens is 240 g/mol. The van der Waals surface area contributed by atoms with Crippen LogP contribution in [0.15, 0.2) is 18.2 Å². The van der Waals surface area contributed by atoms with Gasteiger partial charge in [0.1, 0.15) is 5.75 Å². The fraction of sp³-hybridized carbons (Fsp3) is 0.625. The summed E-state index contributed by atoms with van der Waals surface area (Å²) in [5.41, 5.74) is 3.23. The third-order valence-electron chi connectivity index (χ3n) is 3.97. The molecule has 0 aliphatic heterocycles. The van der Waals surface area contributed by atoms with Crippen molar-refractivity contribution in [2.45, 2.75) is 40.0 Å². The van der Waals surface area contributed by atoms with Gasteiger partial charge in [-0.3, -0.25) is 0 Å². The lowest BCUT2D eigenvalue weighted by Gasteiger charge is -2.29. The van der Waals surface area contributed by atoms with Crippen LogP contribution in [0.25, 0.3) is 0 Å². The van der Waals surface area contributed by atoms with Gasteiger partial charge in [-0.2, -0.15) is 12.6 Å². The Labute approximate surface area is 116 Å². The van der Waals surface area contributed by atoms with E-state index in [9.17, 15) is 0 Å². The summed E-state index contributed by atoms with van der Waals surface area (Å²) in [4.78, 5) is 0. The molecule has 0 spiro atoms. The molecule has 0 radical (unpaired) electrons. The highest BCUT2D eigenvalue weighted by molar-refractivity contribution is 7.80. The number of thiol groups is 1. The van der Waals surface area contributed by atoms with Crippen LogP contribution in [0.4, 0.5) is 0 Å². The Bertz CT molecular complexity index is 406. The number of aryl methyl sites for hydroxylation is 2. The predicted molar refractivity (Wildman–Crippen MR) is 80.8 cm³/mol. The molecule has 1 aliphatic rings.